The van der Waals surface area contributed by atoms with Gasteiger partial charge in [-0.1, -0.05) is 7.43 Å². The fraction of sp³-hybridized carbons (Fsp3) is 0.0526. The zero-order valence-electron chi connectivity index (χ0n) is 13.8. The number of hydrogen-bond acceptors (Lipinski definition) is 6. The molecule has 4 heterocycles. The third-order valence-electron chi connectivity index (χ3n) is 2.74. The number of aromatic nitrogens is 6. The quantitative estimate of drug-likeness (QED) is 0.321. The molecule has 0 aliphatic heterocycles. The van der Waals surface area contributed by atoms with E-state index in [0.717, 1.165) is 15.7 Å². The summed E-state index contributed by atoms with van der Waals surface area (Å²) in [6.45, 7) is 0. The van der Waals surface area contributed by atoms with E-state index in [1.54, 1.807) is 55.5 Å². The van der Waals surface area contributed by atoms with Crippen LogP contribution in [0.15, 0.2) is 84.2 Å². The lowest BCUT2D eigenvalue weighted by molar-refractivity contribution is 1.17. The first-order valence-electron chi connectivity index (χ1n) is 7.52. The molecule has 0 atom stereocenters. The second-order valence-corrected chi connectivity index (χ2v) is 6.23. The molecule has 0 unspecified atom stereocenters. The first kappa shape index (κ1) is 23.6. The first-order chi connectivity index (χ1) is 13.1. The Kier molecular flexibility index (Phi) is 11.5. The Hall–Kier alpha value is -2.48. The van der Waals surface area contributed by atoms with Crippen molar-refractivity contribution in [2.45, 2.75) is 7.43 Å². The largest absolute Gasteiger partial charge is 0.264 e. The number of pyridine rings is 2. The Labute approximate surface area is 182 Å². The standard InChI is InChI=1S/C9H6ClN3.C5H4BrN.C4H3ClN2.CH4/c10-9-12-5-3-8(13-9)7-2-1-4-11-6-7;6-5-2-1-3-7-4-5;5-4-6-2-1-3-7-4;/h1-6H;1-4H;1-3H;1H4. The lowest BCUT2D eigenvalue weighted by Gasteiger charge is -1.98. The Balaban J connectivity index is 0.000000224. The molecular weight excluding hydrogens is 463 g/mol. The molecule has 4 aromatic heterocycles. The van der Waals surface area contributed by atoms with Gasteiger partial charge >= 0.3 is 0 Å². The smallest absolute Gasteiger partial charge is 0.222 e. The summed E-state index contributed by atoms with van der Waals surface area (Å²) in [5.74, 6) is 0. The molecule has 0 spiro atoms. The molecule has 0 bridgehead atoms. The van der Waals surface area contributed by atoms with E-state index in [9.17, 15) is 0 Å². The van der Waals surface area contributed by atoms with Gasteiger partial charge in [0.1, 0.15) is 0 Å². The molecule has 9 heteroatoms. The van der Waals surface area contributed by atoms with Crippen molar-refractivity contribution in [3.8, 4) is 11.3 Å². The van der Waals surface area contributed by atoms with Gasteiger partial charge in [0.2, 0.25) is 10.6 Å². The summed E-state index contributed by atoms with van der Waals surface area (Å²) in [5, 5.41) is 0.545. The summed E-state index contributed by atoms with van der Waals surface area (Å²) < 4.78 is 1.02. The molecule has 0 radical (unpaired) electrons. The lowest BCUT2D eigenvalue weighted by Crippen LogP contribution is -1.86. The molecule has 0 amide bonds. The van der Waals surface area contributed by atoms with Crippen LogP contribution in [0.5, 0.6) is 0 Å². The molecule has 0 saturated heterocycles. The SMILES string of the molecule is Brc1cccnc1.C.Clc1nccc(-c2cccnc2)n1.Clc1ncccn1. The van der Waals surface area contributed by atoms with Crippen LogP contribution in [0, 0.1) is 0 Å². The average molecular weight is 480 g/mol. The molecule has 0 aliphatic carbocycles. The van der Waals surface area contributed by atoms with Gasteiger partial charge in [-0.2, -0.15) is 0 Å². The summed E-state index contributed by atoms with van der Waals surface area (Å²) in [4.78, 5) is 22.9. The molecule has 0 aromatic carbocycles. The fourth-order valence-corrected chi connectivity index (χ4v) is 2.16. The highest BCUT2D eigenvalue weighted by Gasteiger charge is 1.98. The van der Waals surface area contributed by atoms with Crippen molar-refractivity contribution in [3.63, 3.8) is 0 Å². The Morgan fingerprint density at radius 3 is 1.75 bits per heavy atom. The van der Waals surface area contributed by atoms with E-state index < -0.39 is 0 Å². The molecule has 6 nitrogen and oxygen atoms in total. The predicted molar refractivity (Wildman–Crippen MR) is 116 cm³/mol. The Morgan fingerprint density at radius 2 is 1.32 bits per heavy atom. The second-order valence-electron chi connectivity index (χ2n) is 4.64. The van der Waals surface area contributed by atoms with Crippen LogP contribution in [0.3, 0.4) is 0 Å². The summed E-state index contributed by atoms with van der Waals surface area (Å²) in [6.07, 6.45) is 11.7. The minimum absolute atomic E-state index is 0. The van der Waals surface area contributed by atoms with E-state index in [1.165, 1.54) is 0 Å². The van der Waals surface area contributed by atoms with Gasteiger partial charge < -0.3 is 0 Å². The van der Waals surface area contributed by atoms with Gasteiger partial charge in [0, 0.05) is 53.4 Å². The van der Waals surface area contributed by atoms with Gasteiger partial charge in [0.15, 0.2) is 0 Å². The molecular formula is C19H17BrCl2N6. The Bertz CT molecular complexity index is 877. The maximum Gasteiger partial charge on any atom is 0.222 e. The number of nitrogens with zero attached hydrogens (tertiary/aromatic N) is 6. The van der Waals surface area contributed by atoms with Gasteiger partial charge in [-0.15, -0.1) is 0 Å². The van der Waals surface area contributed by atoms with E-state index >= 15 is 0 Å². The maximum absolute atomic E-state index is 5.65. The lowest BCUT2D eigenvalue weighted by atomic mass is 10.2. The van der Waals surface area contributed by atoms with Gasteiger partial charge in [0.25, 0.3) is 0 Å². The van der Waals surface area contributed by atoms with Crippen LogP contribution >= 0.6 is 39.1 Å². The molecule has 0 saturated carbocycles. The minimum atomic E-state index is 0. The van der Waals surface area contributed by atoms with Crippen molar-refractivity contribution in [2.75, 3.05) is 0 Å². The van der Waals surface area contributed by atoms with Crippen LogP contribution in [0.25, 0.3) is 11.3 Å². The fourth-order valence-electron chi connectivity index (χ4n) is 1.63. The van der Waals surface area contributed by atoms with Crippen molar-refractivity contribution < 1.29 is 0 Å². The van der Waals surface area contributed by atoms with Crippen LogP contribution in [0.2, 0.25) is 10.6 Å². The zero-order valence-corrected chi connectivity index (χ0v) is 16.9. The second kappa shape index (κ2) is 13.7. The van der Waals surface area contributed by atoms with Crippen LogP contribution in [-0.2, 0) is 0 Å². The zero-order chi connectivity index (χ0) is 19.3. The number of hydrogen-bond donors (Lipinski definition) is 0. The van der Waals surface area contributed by atoms with Crippen LogP contribution in [0.1, 0.15) is 7.43 Å². The maximum atomic E-state index is 5.65. The highest BCUT2D eigenvalue weighted by Crippen LogP contribution is 2.15. The summed E-state index contributed by atoms with van der Waals surface area (Å²) in [6, 6.07) is 11.1. The van der Waals surface area contributed by atoms with E-state index in [4.69, 9.17) is 23.2 Å². The number of halogens is 3. The first-order valence-corrected chi connectivity index (χ1v) is 9.07. The van der Waals surface area contributed by atoms with Gasteiger partial charge in [0.05, 0.1) is 5.69 Å². The molecule has 0 aliphatic rings. The number of rotatable bonds is 1. The van der Waals surface area contributed by atoms with E-state index in [2.05, 4.69) is 45.8 Å². The third kappa shape index (κ3) is 9.45. The van der Waals surface area contributed by atoms with Gasteiger partial charge in [-0.05, 0) is 75.5 Å². The van der Waals surface area contributed by atoms with E-state index in [1.807, 2.05) is 24.3 Å². The highest BCUT2D eigenvalue weighted by molar-refractivity contribution is 9.10. The van der Waals surface area contributed by atoms with Crippen molar-refractivity contribution in [2.24, 2.45) is 0 Å². The monoisotopic (exact) mass is 478 g/mol. The molecule has 144 valence electrons. The Morgan fingerprint density at radius 1 is 0.679 bits per heavy atom. The van der Waals surface area contributed by atoms with Crippen LogP contribution in [-0.4, -0.2) is 29.9 Å². The van der Waals surface area contributed by atoms with Gasteiger partial charge in [-0.3, -0.25) is 9.97 Å². The van der Waals surface area contributed by atoms with Crippen LogP contribution in [0.4, 0.5) is 0 Å². The third-order valence-corrected chi connectivity index (χ3v) is 3.59. The molecule has 4 aromatic rings. The minimum Gasteiger partial charge on any atom is -0.264 e. The van der Waals surface area contributed by atoms with Crippen molar-refractivity contribution in [1.82, 2.24) is 29.9 Å². The summed E-state index contributed by atoms with van der Waals surface area (Å²) in [5.41, 5.74) is 1.72. The normalized spacial score (nSPS) is 8.96. The topological polar surface area (TPSA) is 77.3 Å². The summed E-state index contributed by atoms with van der Waals surface area (Å²) in [7, 11) is 0. The molecule has 28 heavy (non-hydrogen) atoms. The molecule has 0 fully saturated rings. The molecule has 4 rings (SSSR count). The van der Waals surface area contributed by atoms with E-state index in [0.29, 0.717) is 5.28 Å². The van der Waals surface area contributed by atoms with Crippen LogP contribution < -0.4 is 0 Å². The summed E-state index contributed by atoms with van der Waals surface area (Å²) >= 11 is 14.2. The highest BCUT2D eigenvalue weighted by atomic mass is 79.9. The predicted octanol–water partition coefficient (Wildman–Crippen LogP) is 5.80. The van der Waals surface area contributed by atoms with Crippen molar-refractivity contribution in [3.05, 3.63) is 94.8 Å². The van der Waals surface area contributed by atoms with Gasteiger partial charge in [-0.25, -0.2) is 19.9 Å². The average Bonchev–Trinajstić information content (AvgIpc) is 2.71. The molecule has 0 N–H and O–H groups in total. The van der Waals surface area contributed by atoms with Crippen molar-refractivity contribution in [1.29, 1.82) is 0 Å². The van der Waals surface area contributed by atoms with Crippen molar-refractivity contribution >= 4 is 39.1 Å². The van der Waals surface area contributed by atoms with E-state index in [-0.39, 0.29) is 12.7 Å².